The molecule has 0 saturated heterocycles. The monoisotopic (exact) mass is 306 g/mol. The van der Waals surface area contributed by atoms with Crippen molar-refractivity contribution >= 4 is 16.9 Å². The number of methoxy groups -OCH3 is 1. The molecule has 5 heteroatoms. The van der Waals surface area contributed by atoms with Crippen molar-refractivity contribution in [2.45, 2.75) is 13.0 Å². The quantitative estimate of drug-likeness (QED) is 0.505. The summed E-state index contributed by atoms with van der Waals surface area (Å²) in [4.78, 5) is 28.3. The zero-order valence-electron chi connectivity index (χ0n) is 12.6. The fourth-order valence-corrected chi connectivity index (χ4v) is 3.09. The van der Waals surface area contributed by atoms with Gasteiger partial charge in [-0.3, -0.25) is 4.79 Å². The molecule has 0 N–H and O–H groups in total. The molecule has 1 aliphatic heterocycles. The summed E-state index contributed by atoms with van der Waals surface area (Å²) >= 11 is 0. The van der Waals surface area contributed by atoms with Crippen LogP contribution in [0.4, 0.5) is 0 Å². The lowest BCUT2D eigenvalue weighted by atomic mass is 10.00. The number of benzene rings is 2. The molecular formula is C18H14N2O3. The predicted octanol–water partition coefficient (Wildman–Crippen LogP) is 2.14. The lowest BCUT2D eigenvalue weighted by Crippen LogP contribution is -2.24. The highest BCUT2D eigenvalue weighted by molar-refractivity contribution is 5.94. The van der Waals surface area contributed by atoms with E-state index in [-0.39, 0.29) is 5.56 Å². The largest absolute Gasteiger partial charge is 0.465 e. The summed E-state index contributed by atoms with van der Waals surface area (Å²) in [6.07, 6.45) is 0.615. The van der Waals surface area contributed by atoms with E-state index in [0.717, 1.165) is 11.3 Å². The van der Waals surface area contributed by atoms with E-state index in [1.165, 1.54) is 18.2 Å². The minimum absolute atomic E-state index is 0.262. The molecule has 0 saturated carbocycles. The Morgan fingerprint density at radius 1 is 1.17 bits per heavy atom. The summed E-state index contributed by atoms with van der Waals surface area (Å²) in [5.41, 5.74) is 3.27. The van der Waals surface area contributed by atoms with Crippen molar-refractivity contribution in [2.24, 2.45) is 0 Å². The Kier molecular flexibility index (Phi) is 3.01. The van der Waals surface area contributed by atoms with Crippen LogP contribution in [0.25, 0.3) is 10.9 Å². The van der Waals surface area contributed by atoms with Gasteiger partial charge in [0.05, 0.1) is 23.6 Å². The lowest BCUT2D eigenvalue weighted by molar-refractivity contribution is 0.0601. The van der Waals surface area contributed by atoms with Crippen LogP contribution in [0.5, 0.6) is 0 Å². The van der Waals surface area contributed by atoms with E-state index in [1.807, 2.05) is 16.7 Å². The maximum absolute atomic E-state index is 12.3. The number of carbonyl (C=O) groups excluding carboxylic acids is 1. The highest BCUT2D eigenvalue weighted by atomic mass is 16.5. The van der Waals surface area contributed by atoms with Gasteiger partial charge in [-0.05, 0) is 29.3 Å². The van der Waals surface area contributed by atoms with Crippen LogP contribution in [-0.2, 0) is 17.7 Å². The number of rotatable bonds is 1. The molecule has 4 rings (SSSR count). The van der Waals surface area contributed by atoms with Crippen molar-refractivity contribution in [1.82, 2.24) is 9.55 Å². The van der Waals surface area contributed by atoms with Gasteiger partial charge < -0.3 is 9.30 Å². The van der Waals surface area contributed by atoms with Crippen LogP contribution < -0.4 is 5.56 Å². The fourth-order valence-electron chi connectivity index (χ4n) is 3.09. The second kappa shape index (κ2) is 5.05. The van der Waals surface area contributed by atoms with Gasteiger partial charge in [-0.25, -0.2) is 4.79 Å². The summed E-state index contributed by atoms with van der Waals surface area (Å²) in [5.74, 6) is 0.310. The molecule has 2 aromatic carbocycles. The van der Waals surface area contributed by atoms with Crippen molar-refractivity contribution in [3.8, 4) is 0 Å². The van der Waals surface area contributed by atoms with Crippen LogP contribution >= 0.6 is 0 Å². The van der Waals surface area contributed by atoms with Crippen molar-refractivity contribution in [3.63, 3.8) is 0 Å². The zero-order valence-corrected chi connectivity index (χ0v) is 12.6. The van der Waals surface area contributed by atoms with E-state index in [0.29, 0.717) is 23.9 Å². The standard InChI is InChI=1S/C18H14N2O3/c1-23-18(22)12-6-7-14-15(8-12)20-10-13-5-3-2-4-11(13)9-16(20)19-17(14)21/h2-8H,9-10H2,1H3. The molecule has 1 aromatic heterocycles. The summed E-state index contributed by atoms with van der Waals surface area (Å²) in [5, 5.41) is 0.515. The second-order valence-corrected chi connectivity index (χ2v) is 5.59. The third-order valence-corrected chi connectivity index (χ3v) is 4.28. The van der Waals surface area contributed by atoms with Gasteiger partial charge in [0.1, 0.15) is 5.82 Å². The summed E-state index contributed by atoms with van der Waals surface area (Å²) in [7, 11) is 1.34. The molecule has 0 spiro atoms. The molecule has 23 heavy (non-hydrogen) atoms. The van der Waals surface area contributed by atoms with Gasteiger partial charge in [0.25, 0.3) is 5.56 Å². The van der Waals surface area contributed by atoms with Crippen LogP contribution in [0, 0.1) is 0 Å². The van der Waals surface area contributed by atoms with Crippen molar-refractivity contribution < 1.29 is 9.53 Å². The molecule has 0 fully saturated rings. The highest BCUT2D eigenvalue weighted by Gasteiger charge is 2.19. The smallest absolute Gasteiger partial charge is 0.337 e. The summed E-state index contributed by atoms with van der Waals surface area (Å²) < 4.78 is 6.78. The first-order valence-electron chi connectivity index (χ1n) is 7.36. The molecular weight excluding hydrogens is 292 g/mol. The van der Waals surface area contributed by atoms with Gasteiger partial charge in [0.15, 0.2) is 0 Å². The number of fused-ring (bicyclic) bond motifs is 4. The number of ether oxygens (including phenoxy) is 1. The van der Waals surface area contributed by atoms with Crippen LogP contribution in [-0.4, -0.2) is 22.6 Å². The van der Waals surface area contributed by atoms with E-state index in [4.69, 9.17) is 4.74 Å². The maximum atomic E-state index is 12.3. The third-order valence-electron chi connectivity index (χ3n) is 4.28. The lowest BCUT2D eigenvalue weighted by Gasteiger charge is -2.23. The predicted molar refractivity (Wildman–Crippen MR) is 85.7 cm³/mol. The Balaban J connectivity index is 1.97. The van der Waals surface area contributed by atoms with Gasteiger partial charge in [-0.1, -0.05) is 24.3 Å². The average Bonchev–Trinajstić information content (AvgIpc) is 2.59. The van der Waals surface area contributed by atoms with Gasteiger partial charge in [-0.15, -0.1) is 0 Å². The Hall–Kier alpha value is -2.95. The average molecular weight is 306 g/mol. The van der Waals surface area contributed by atoms with E-state index >= 15 is 0 Å². The maximum Gasteiger partial charge on any atom is 0.337 e. The molecule has 5 nitrogen and oxygen atoms in total. The first-order valence-corrected chi connectivity index (χ1v) is 7.36. The molecule has 0 radical (unpaired) electrons. The molecule has 2 heterocycles. The number of aromatic nitrogens is 2. The van der Waals surface area contributed by atoms with Crippen molar-refractivity contribution in [1.29, 1.82) is 0 Å². The van der Waals surface area contributed by atoms with E-state index in [9.17, 15) is 9.59 Å². The Morgan fingerprint density at radius 3 is 2.74 bits per heavy atom. The van der Waals surface area contributed by atoms with Crippen molar-refractivity contribution in [2.75, 3.05) is 7.11 Å². The topological polar surface area (TPSA) is 61.2 Å². The molecule has 3 aromatic rings. The van der Waals surface area contributed by atoms with Gasteiger partial charge in [0.2, 0.25) is 0 Å². The van der Waals surface area contributed by atoms with Crippen LogP contribution in [0.2, 0.25) is 0 Å². The summed E-state index contributed by atoms with van der Waals surface area (Å²) in [6.45, 7) is 0.639. The Labute approximate surface area is 132 Å². The van der Waals surface area contributed by atoms with Crippen LogP contribution in [0.1, 0.15) is 27.3 Å². The van der Waals surface area contributed by atoms with Gasteiger partial charge in [-0.2, -0.15) is 4.98 Å². The first kappa shape index (κ1) is 13.7. The number of hydrogen-bond donors (Lipinski definition) is 0. The number of carbonyl (C=O) groups is 1. The molecule has 0 aliphatic carbocycles. The highest BCUT2D eigenvalue weighted by Crippen LogP contribution is 2.24. The molecule has 0 bridgehead atoms. The third kappa shape index (κ3) is 2.12. The molecule has 0 unspecified atom stereocenters. The van der Waals surface area contributed by atoms with E-state index in [1.54, 1.807) is 18.2 Å². The minimum Gasteiger partial charge on any atom is -0.465 e. The molecule has 0 atom stereocenters. The SMILES string of the molecule is COC(=O)c1ccc2c(=O)nc3n(c2c1)Cc1ccccc1C3. The number of esters is 1. The Morgan fingerprint density at radius 2 is 1.96 bits per heavy atom. The molecule has 0 amide bonds. The van der Waals surface area contributed by atoms with Crippen LogP contribution in [0.15, 0.2) is 47.3 Å². The summed E-state index contributed by atoms with van der Waals surface area (Å²) in [6, 6.07) is 13.1. The number of hydrogen-bond acceptors (Lipinski definition) is 4. The molecule has 1 aliphatic rings. The van der Waals surface area contributed by atoms with Gasteiger partial charge in [0, 0.05) is 13.0 Å². The van der Waals surface area contributed by atoms with Crippen LogP contribution in [0.3, 0.4) is 0 Å². The first-order chi connectivity index (χ1) is 11.2. The van der Waals surface area contributed by atoms with Gasteiger partial charge >= 0.3 is 5.97 Å². The minimum atomic E-state index is -0.415. The zero-order chi connectivity index (χ0) is 16.0. The van der Waals surface area contributed by atoms with Crippen molar-refractivity contribution in [3.05, 3.63) is 75.3 Å². The van der Waals surface area contributed by atoms with E-state index < -0.39 is 5.97 Å². The van der Waals surface area contributed by atoms with E-state index in [2.05, 4.69) is 17.1 Å². The second-order valence-electron chi connectivity index (χ2n) is 5.59. The normalized spacial score (nSPS) is 12.6. The fraction of sp³-hybridized carbons (Fsp3) is 0.167. The molecule has 114 valence electrons. The number of nitrogens with zero attached hydrogens (tertiary/aromatic N) is 2. The Bertz CT molecular complexity index is 1000.